The van der Waals surface area contributed by atoms with E-state index in [0.717, 1.165) is 11.4 Å². The first-order valence-electron chi connectivity index (χ1n) is 11.4. The summed E-state index contributed by atoms with van der Waals surface area (Å²) in [6.45, 7) is 8.74. The first kappa shape index (κ1) is 23.9. The fraction of sp³-hybridized carbons (Fsp3) is 0.346. The number of hydrogen-bond donors (Lipinski definition) is 2. The summed E-state index contributed by atoms with van der Waals surface area (Å²) >= 11 is 5.84. The molecule has 7 nitrogen and oxygen atoms in total. The van der Waals surface area contributed by atoms with Crippen LogP contribution in [0.15, 0.2) is 54.7 Å². The van der Waals surface area contributed by atoms with Gasteiger partial charge in [0.2, 0.25) is 5.91 Å². The van der Waals surface area contributed by atoms with E-state index in [0.29, 0.717) is 16.8 Å². The van der Waals surface area contributed by atoms with Crippen molar-refractivity contribution < 1.29 is 9.53 Å². The van der Waals surface area contributed by atoms with Crippen molar-refractivity contribution in [1.82, 2.24) is 14.9 Å². The van der Waals surface area contributed by atoms with Crippen LogP contribution in [-0.4, -0.2) is 34.3 Å². The summed E-state index contributed by atoms with van der Waals surface area (Å²) in [7, 11) is 1.50. The molecule has 2 atom stereocenters. The fourth-order valence-corrected chi connectivity index (χ4v) is 5.23. The van der Waals surface area contributed by atoms with Crippen LogP contribution in [0.5, 0.6) is 0 Å². The van der Waals surface area contributed by atoms with Crippen molar-refractivity contribution >= 4 is 34.6 Å². The van der Waals surface area contributed by atoms with Gasteiger partial charge < -0.3 is 24.8 Å². The molecule has 3 aromatic rings. The number of nitrogens with one attached hydrogen (secondary N) is 2. The van der Waals surface area contributed by atoms with Crippen LogP contribution in [0.25, 0.3) is 0 Å². The van der Waals surface area contributed by atoms with Crippen molar-refractivity contribution in [3.8, 4) is 0 Å². The molecular formula is C26H31N5O2S. The number of benzene rings is 1. The summed E-state index contributed by atoms with van der Waals surface area (Å²) in [5, 5.41) is 7.00. The van der Waals surface area contributed by atoms with Crippen LogP contribution in [0, 0.1) is 13.8 Å². The summed E-state index contributed by atoms with van der Waals surface area (Å²) in [5.41, 5.74) is 6.25. The number of ether oxygens (including phenoxy) is 1. The molecule has 0 saturated carbocycles. The molecular weight excluding hydrogens is 446 g/mol. The molecule has 3 heterocycles. The number of nitrogens with zero attached hydrogens (tertiary/aromatic N) is 3. The fourth-order valence-electron chi connectivity index (χ4n) is 4.88. The van der Waals surface area contributed by atoms with Gasteiger partial charge in [-0.25, -0.2) is 0 Å². The van der Waals surface area contributed by atoms with Gasteiger partial charge in [-0.2, -0.15) is 0 Å². The second-order valence-corrected chi connectivity index (χ2v) is 9.20. The highest BCUT2D eigenvalue weighted by molar-refractivity contribution is 7.80. The molecule has 1 aliphatic rings. The molecule has 0 bridgehead atoms. The van der Waals surface area contributed by atoms with Crippen LogP contribution >= 0.6 is 12.2 Å². The van der Waals surface area contributed by atoms with Gasteiger partial charge in [0.1, 0.15) is 6.61 Å². The number of carbonyl (C=O) groups is 1. The summed E-state index contributed by atoms with van der Waals surface area (Å²) in [4.78, 5) is 18.7. The monoisotopic (exact) mass is 477 g/mol. The van der Waals surface area contributed by atoms with Crippen LogP contribution < -0.4 is 15.5 Å². The van der Waals surface area contributed by atoms with Crippen LogP contribution in [0.4, 0.5) is 11.4 Å². The Morgan fingerprint density at radius 3 is 2.53 bits per heavy atom. The van der Waals surface area contributed by atoms with E-state index in [4.69, 9.17) is 17.0 Å². The van der Waals surface area contributed by atoms with E-state index < -0.39 is 0 Å². The molecule has 34 heavy (non-hydrogen) atoms. The van der Waals surface area contributed by atoms with Gasteiger partial charge >= 0.3 is 0 Å². The minimum Gasteiger partial charge on any atom is -0.375 e. The summed E-state index contributed by atoms with van der Waals surface area (Å²) < 4.78 is 7.26. The lowest BCUT2D eigenvalue weighted by Crippen LogP contribution is -2.29. The molecule has 1 amide bonds. The number of anilines is 2. The number of methoxy groups -OCH3 is 1. The van der Waals surface area contributed by atoms with E-state index in [2.05, 4.69) is 58.8 Å². The average molecular weight is 478 g/mol. The number of pyridine rings is 1. The van der Waals surface area contributed by atoms with E-state index in [9.17, 15) is 4.79 Å². The van der Waals surface area contributed by atoms with E-state index in [-0.39, 0.29) is 24.6 Å². The van der Waals surface area contributed by atoms with Gasteiger partial charge in [0, 0.05) is 42.1 Å². The molecule has 0 aliphatic carbocycles. The molecule has 4 rings (SSSR count). The lowest BCUT2D eigenvalue weighted by molar-refractivity contribution is -0.119. The molecule has 1 aromatic carbocycles. The molecule has 8 heteroatoms. The first-order valence-corrected chi connectivity index (χ1v) is 11.8. The standard InChI is InChI=1S/C26H31N5O2S/c1-16(2)30-17(3)14-21(18(30)4)25-24(22-8-6-7-13-27-22)29-26(34)31(25)20-11-9-19(10-12-20)28-23(32)15-33-5/h6-14,16,24-25H,15H2,1-5H3,(H,28,32)(H,29,34)/t24-,25+/m1/s1. The van der Waals surface area contributed by atoms with Crippen molar-refractivity contribution in [3.63, 3.8) is 0 Å². The molecule has 0 radical (unpaired) electrons. The Hall–Kier alpha value is -3.23. The van der Waals surface area contributed by atoms with Gasteiger partial charge in [-0.1, -0.05) is 6.07 Å². The van der Waals surface area contributed by atoms with E-state index >= 15 is 0 Å². The number of rotatable bonds is 7. The van der Waals surface area contributed by atoms with Crippen molar-refractivity contribution in [2.24, 2.45) is 0 Å². The molecule has 2 aromatic heterocycles. The first-order chi connectivity index (χ1) is 16.3. The molecule has 0 unspecified atom stereocenters. The third kappa shape index (κ3) is 4.56. The van der Waals surface area contributed by atoms with Gasteiger partial charge in [-0.05, 0) is 87.9 Å². The predicted molar refractivity (Wildman–Crippen MR) is 139 cm³/mol. The van der Waals surface area contributed by atoms with Gasteiger partial charge in [-0.3, -0.25) is 9.78 Å². The normalized spacial score (nSPS) is 17.8. The SMILES string of the molecule is COCC(=O)Nc1ccc(N2C(=S)N[C@H](c3ccccn3)[C@@H]2c2cc(C)n(C(C)C)c2C)cc1. The summed E-state index contributed by atoms with van der Waals surface area (Å²) in [6, 6.07) is 16.1. The minimum atomic E-state index is -0.192. The van der Waals surface area contributed by atoms with Gasteiger partial charge in [0.25, 0.3) is 0 Å². The molecule has 178 valence electrons. The zero-order valence-corrected chi connectivity index (χ0v) is 21.0. The highest BCUT2D eigenvalue weighted by Gasteiger charge is 2.42. The number of aryl methyl sites for hydroxylation is 1. The molecule has 2 N–H and O–H groups in total. The maximum Gasteiger partial charge on any atom is 0.250 e. The Labute approximate surface area is 206 Å². The third-order valence-electron chi connectivity index (χ3n) is 6.16. The largest absolute Gasteiger partial charge is 0.375 e. The van der Waals surface area contributed by atoms with E-state index in [1.165, 1.54) is 24.1 Å². The average Bonchev–Trinajstić information content (AvgIpc) is 3.30. The zero-order valence-electron chi connectivity index (χ0n) is 20.2. The van der Waals surface area contributed by atoms with E-state index in [1.807, 2.05) is 48.7 Å². The second kappa shape index (κ2) is 9.95. The Morgan fingerprint density at radius 1 is 1.21 bits per heavy atom. The van der Waals surface area contributed by atoms with Crippen LogP contribution in [0.3, 0.4) is 0 Å². The number of carbonyl (C=O) groups excluding carboxylic acids is 1. The zero-order chi connectivity index (χ0) is 24.4. The quantitative estimate of drug-likeness (QED) is 0.475. The van der Waals surface area contributed by atoms with Crippen molar-refractivity contribution in [2.45, 2.75) is 45.8 Å². The topological polar surface area (TPSA) is 71.4 Å². The maximum absolute atomic E-state index is 11.9. The van der Waals surface area contributed by atoms with E-state index in [1.54, 1.807) is 0 Å². The second-order valence-electron chi connectivity index (χ2n) is 8.81. The summed E-state index contributed by atoms with van der Waals surface area (Å²) in [6.07, 6.45) is 1.81. The number of amides is 1. The number of aromatic nitrogens is 2. The van der Waals surface area contributed by atoms with Gasteiger partial charge in [-0.15, -0.1) is 0 Å². The lowest BCUT2D eigenvalue weighted by atomic mass is 9.96. The maximum atomic E-state index is 11.9. The Balaban J connectivity index is 1.76. The molecule has 1 saturated heterocycles. The van der Waals surface area contributed by atoms with Gasteiger partial charge in [0.15, 0.2) is 5.11 Å². The van der Waals surface area contributed by atoms with Crippen molar-refractivity contribution in [1.29, 1.82) is 0 Å². The summed E-state index contributed by atoms with van der Waals surface area (Å²) in [5.74, 6) is -0.192. The third-order valence-corrected chi connectivity index (χ3v) is 6.48. The van der Waals surface area contributed by atoms with Gasteiger partial charge in [0.05, 0.1) is 17.8 Å². The molecule has 1 aliphatic heterocycles. The number of thiocarbonyl (C=S) groups is 1. The number of hydrogen-bond acceptors (Lipinski definition) is 4. The highest BCUT2D eigenvalue weighted by Crippen LogP contribution is 2.43. The lowest BCUT2D eigenvalue weighted by Gasteiger charge is -2.28. The van der Waals surface area contributed by atoms with Crippen LogP contribution in [0.2, 0.25) is 0 Å². The minimum absolute atomic E-state index is 0.0151. The Morgan fingerprint density at radius 2 is 1.94 bits per heavy atom. The van der Waals surface area contributed by atoms with Crippen molar-refractivity contribution in [3.05, 3.63) is 77.4 Å². The van der Waals surface area contributed by atoms with Crippen LogP contribution in [-0.2, 0) is 9.53 Å². The predicted octanol–water partition coefficient (Wildman–Crippen LogP) is 4.84. The van der Waals surface area contributed by atoms with Crippen molar-refractivity contribution in [2.75, 3.05) is 23.9 Å². The Kier molecular flexibility index (Phi) is 7.00. The van der Waals surface area contributed by atoms with Crippen LogP contribution in [0.1, 0.15) is 54.6 Å². The molecule has 0 spiro atoms. The smallest absolute Gasteiger partial charge is 0.250 e. The molecule has 1 fully saturated rings. The highest BCUT2D eigenvalue weighted by atomic mass is 32.1. The Bertz CT molecular complexity index is 1170.